The van der Waals surface area contributed by atoms with Gasteiger partial charge in [-0.3, -0.25) is 4.68 Å². The summed E-state index contributed by atoms with van der Waals surface area (Å²) in [6.07, 6.45) is 10.1. The molecule has 3 aromatic rings. The lowest BCUT2D eigenvalue weighted by molar-refractivity contribution is 0.145. The first-order valence-corrected chi connectivity index (χ1v) is 11.6. The summed E-state index contributed by atoms with van der Waals surface area (Å²) in [4.78, 5) is 6.79. The topological polar surface area (TPSA) is 70.2 Å². The average molecular weight is 437 g/mol. The first kappa shape index (κ1) is 21.2. The molecule has 0 amide bonds. The lowest BCUT2D eigenvalue weighted by atomic mass is 9.90. The van der Waals surface area contributed by atoms with E-state index in [-0.39, 0.29) is 0 Å². The molecule has 0 N–H and O–H groups in total. The Morgan fingerprint density at radius 3 is 2.69 bits per heavy atom. The van der Waals surface area contributed by atoms with Gasteiger partial charge in [0.1, 0.15) is 0 Å². The third kappa shape index (κ3) is 4.04. The number of pyridine rings is 1. The molecule has 8 nitrogen and oxygen atoms in total. The average Bonchev–Trinajstić information content (AvgIpc) is 3.37. The molecule has 8 heteroatoms. The fourth-order valence-corrected chi connectivity index (χ4v) is 4.92. The van der Waals surface area contributed by atoms with E-state index in [9.17, 15) is 0 Å². The SMILES string of the molecule is COc1ccc(-n2nc(-c3cnn(C(C)C4CCN(C)CC4)c3)c3c2CCOCC3)cn1. The number of hydrogen-bond donors (Lipinski definition) is 0. The number of fused-ring (bicyclic) bond motifs is 1. The standard InChI is InChI=1S/C24H32N6O2/c1-17(18-6-10-28(2)11-7-18)29-16-19(14-26-29)24-21-8-12-32-13-9-22(21)30(27-24)20-4-5-23(31-3)25-15-20/h4-5,14-18H,6-13H2,1-3H3. The molecule has 32 heavy (non-hydrogen) atoms. The van der Waals surface area contributed by atoms with Crippen LogP contribution in [0.3, 0.4) is 0 Å². The molecule has 5 heterocycles. The second kappa shape index (κ2) is 9.03. The van der Waals surface area contributed by atoms with Crippen molar-refractivity contribution in [3.8, 4) is 22.8 Å². The maximum Gasteiger partial charge on any atom is 0.213 e. The van der Waals surface area contributed by atoms with E-state index >= 15 is 0 Å². The van der Waals surface area contributed by atoms with Crippen molar-refractivity contribution in [1.82, 2.24) is 29.4 Å². The van der Waals surface area contributed by atoms with Crippen molar-refractivity contribution >= 4 is 0 Å². The number of ether oxygens (including phenoxy) is 2. The number of piperidine rings is 1. The fourth-order valence-electron chi connectivity index (χ4n) is 4.92. The Kier molecular flexibility index (Phi) is 5.97. The van der Waals surface area contributed by atoms with Crippen LogP contribution in [0.5, 0.6) is 5.88 Å². The van der Waals surface area contributed by atoms with Crippen LogP contribution in [-0.4, -0.2) is 69.9 Å². The van der Waals surface area contributed by atoms with Gasteiger partial charge < -0.3 is 14.4 Å². The van der Waals surface area contributed by atoms with E-state index < -0.39 is 0 Å². The Balaban J connectivity index is 1.48. The van der Waals surface area contributed by atoms with Crippen molar-refractivity contribution < 1.29 is 9.47 Å². The third-order valence-electron chi connectivity index (χ3n) is 6.98. The number of aromatic nitrogens is 5. The Morgan fingerprint density at radius 1 is 1.12 bits per heavy atom. The third-order valence-corrected chi connectivity index (χ3v) is 6.98. The molecule has 0 radical (unpaired) electrons. The lowest BCUT2D eigenvalue weighted by Crippen LogP contribution is -2.33. The van der Waals surface area contributed by atoms with Crippen molar-refractivity contribution in [1.29, 1.82) is 0 Å². The molecular formula is C24H32N6O2. The zero-order chi connectivity index (χ0) is 22.1. The molecule has 2 aliphatic heterocycles. The van der Waals surface area contributed by atoms with Crippen LogP contribution in [0.4, 0.5) is 0 Å². The second-order valence-electron chi connectivity index (χ2n) is 8.95. The van der Waals surface area contributed by atoms with Gasteiger partial charge in [-0.1, -0.05) is 0 Å². The summed E-state index contributed by atoms with van der Waals surface area (Å²) >= 11 is 0. The molecule has 0 aromatic carbocycles. The van der Waals surface area contributed by atoms with Crippen LogP contribution in [-0.2, 0) is 17.6 Å². The van der Waals surface area contributed by atoms with Crippen molar-refractivity contribution in [3.63, 3.8) is 0 Å². The van der Waals surface area contributed by atoms with Gasteiger partial charge in [-0.05, 0) is 58.3 Å². The lowest BCUT2D eigenvalue weighted by Gasteiger charge is -2.32. The van der Waals surface area contributed by atoms with Crippen LogP contribution in [0.25, 0.3) is 16.9 Å². The van der Waals surface area contributed by atoms with Crippen LogP contribution in [0.15, 0.2) is 30.7 Å². The summed E-state index contributed by atoms with van der Waals surface area (Å²) in [5.74, 6) is 1.26. The van der Waals surface area contributed by atoms with E-state index in [2.05, 4.69) is 34.7 Å². The van der Waals surface area contributed by atoms with Gasteiger partial charge in [0.2, 0.25) is 5.88 Å². The van der Waals surface area contributed by atoms with Gasteiger partial charge in [0.25, 0.3) is 0 Å². The molecule has 1 fully saturated rings. The van der Waals surface area contributed by atoms with E-state index in [1.165, 1.54) is 24.1 Å². The van der Waals surface area contributed by atoms with E-state index in [1.54, 1.807) is 7.11 Å². The normalized spacial score (nSPS) is 18.8. The van der Waals surface area contributed by atoms with Crippen molar-refractivity contribution in [2.75, 3.05) is 40.5 Å². The maximum absolute atomic E-state index is 5.78. The molecule has 3 aromatic heterocycles. The van der Waals surface area contributed by atoms with Crippen molar-refractivity contribution in [3.05, 3.63) is 42.0 Å². The molecule has 0 aliphatic carbocycles. The van der Waals surface area contributed by atoms with E-state index in [0.717, 1.165) is 42.9 Å². The van der Waals surface area contributed by atoms with Crippen LogP contribution in [0.1, 0.15) is 37.1 Å². The minimum absolute atomic E-state index is 0.382. The highest BCUT2D eigenvalue weighted by Crippen LogP contribution is 2.32. The number of methoxy groups -OCH3 is 1. The zero-order valence-electron chi connectivity index (χ0n) is 19.2. The Bertz CT molecular complexity index is 1050. The number of hydrogen-bond acceptors (Lipinski definition) is 6. The number of rotatable bonds is 5. The Hall–Kier alpha value is -2.71. The second-order valence-corrected chi connectivity index (χ2v) is 8.95. The number of nitrogens with zero attached hydrogens (tertiary/aromatic N) is 6. The van der Waals surface area contributed by atoms with Gasteiger partial charge in [-0.15, -0.1) is 0 Å². The van der Waals surface area contributed by atoms with Crippen LogP contribution < -0.4 is 4.74 Å². The van der Waals surface area contributed by atoms with Crippen molar-refractivity contribution in [2.24, 2.45) is 5.92 Å². The van der Waals surface area contributed by atoms with Gasteiger partial charge in [-0.25, -0.2) is 9.67 Å². The molecule has 0 saturated carbocycles. The molecule has 0 bridgehead atoms. The summed E-state index contributed by atoms with van der Waals surface area (Å²) in [5.41, 5.74) is 5.46. The minimum Gasteiger partial charge on any atom is -0.481 e. The molecule has 2 aliphatic rings. The smallest absolute Gasteiger partial charge is 0.213 e. The van der Waals surface area contributed by atoms with Crippen LogP contribution >= 0.6 is 0 Å². The van der Waals surface area contributed by atoms with E-state index in [1.807, 2.05) is 29.2 Å². The van der Waals surface area contributed by atoms with E-state index in [4.69, 9.17) is 19.7 Å². The quantitative estimate of drug-likeness (QED) is 0.612. The summed E-state index contributed by atoms with van der Waals surface area (Å²) in [5, 5.41) is 9.80. The van der Waals surface area contributed by atoms with Gasteiger partial charge in [0.05, 0.1) is 55.8 Å². The van der Waals surface area contributed by atoms with Crippen LogP contribution in [0, 0.1) is 5.92 Å². The highest BCUT2D eigenvalue weighted by molar-refractivity contribution is 5.64. The highest BCUT2D eigenvalue weighted by atomic mass is 16.5. The number of likely N-dealkylation sites (tertiary alicyclic amines) is 1. The maximum atomic E-state index is 5.78. The summed E-state index contributed by atoms with van der Waals surface area (Å²) in [7, 11) is 3.83. The monoisotopic (exact) mass is 436 g/mol. The summed E-state index contributed by atoms with van der Waals surface area (Å²) in [6, 6.07) is 4.25. The predicted molar refractivity (Wildman–Crippen MR) is 122 cm³/mol. The molecule has 5 rings (SSSR count). The van der Waals surface area contributed by atoms with Gasteiger partial charge in [-0.2, -0.15) is 10.2 Å². The Labute approximate surface area is 189 Å². The largest absolute Gasteiger partial charge is 0.481 e. The molecule has 1 saturated heterocycles. The Morgan fingerprint density at radius 2 is 1.94 bits per heavy atom. The molecule has 1 atom stereocenters. The summed E-state index contributed by atoms with van der Waals surface area (Å²) in [6.45, 7) is 6.04. The molecular weight excluding hydrogens is 404 g/mol. The zero-order valence-corrected chi connectivity index (χ0v) is 19.2. The highest BCUT2D eigenvalue weighted by Gasteiger charge is 2.26. The van der Waals surface area contributed by atoms with Gasteiger partial charge >= 0.3 is 0 Å². The van der Waals surface area contributed by atoms with E-state index in [0.29, 0.717) is 31.1 Å². The van der Waals surface area contributed by atoms with Gasteiger partial charge in [0.15, 0.2) is 0 Å². The summed E-state index contributed by atoms with van der Waals surface area (Å²) < 4.78 is 15.2. The predicted octanol–water partition coefficient (Wildman–Crippen LogP) is 3.16. The molecule has 0 spiro atoms. The first-order valence-electron chi connectivity index (χ1n) is 11.6. The first-order chi connectivity index (χ1) is 15.6. The van der Waals surface area contributed by atoms with Crippen LogP contribution in [0.2, 0.25) is 0 Å². The molecule has 1 unspecified atom stereocenters. The van der Waals surface area contributed by atoms with Crippen molar-refractivity contribution in [2.45, 2.75) is 38.6 Å². The minimum atomic E-state index is 0.382. The van der Waals surface area contributed by atoms with Gasteiger partial charge in [0, 0.05) is 29.8 Å². The molecule has 170 valence electrons. The fraction of sp³-hybridized carbons (Fsp3) is 0.542.